The molecule has 0 N–H and O–H groups in total. The Labute approximate surface area is 157 Å². The van der Waals surface area contributed by atoms with Crippen molar-refractivity contribution in [1.82, 2.24) is 0 Å². The number of alkyl halides is 6. The van der Waals surface area contributed by atoms with Gasteiger partial charge in [-0.3, -0.25) is 0 Å². The zero-order valence-electron chi connectivity index (χ0n) is 14.7. The third kappa shape index (κ3) is 4.47. The summed E-state index contributed by atoms with van der Waals surface area (Å²) in [5.41, 5.74) is -15.0. The van der Waals surface area contributed by atoms with E-state index in [4.69, 9.17) is 4.74 Å². The van der Waals surface area contributed by atoms with Gasteiger partial charge in [-0.15, -0.1) is 0 Å². The Morgan fingerprint density at radius 3 is 1.82 bits per heavy atom. The van der Waals surface area contributed by atoms with Crippen molar-refractivity contribution in [2.24, 2.45) is 5.92 Å². The zero-order chi connectivity index (χ0) is 22.3. The van der Waals surface area contributed by atoms with Gasteiger partial charge in [0.15, 0.2) is 4.58 Å². The fraction of sp³-hybridized carbons (Fsp3) is 0.786. The summed E-state index contributed by atoms with van der Waals surface area (Å²) >= 11 is 0. The van der Waals surface area contributed by atoms with Crippen LogP contribution in [0.15, 0.2) is 12.2 Å². The van der Waals surface area contributed by atoms with E-state index in [0.717, 1.165) is 13.8 Å². The van der Waals surface area contributed by atoms with Gasteiger partial charge < -0.3 is 4.74 Å². The van der Waals surface area contributed by atoms with Gasteiger partial charge >= 0.3 is 17.0 Å². The second-order valence-electron chi connectivity index (χ2n) is 6.68. The van der Waals surface area contributed by atoms with Crippen LogP contribution in [-0.4, -0.2) is 44.0 Å². The smallest absolute Gasteiger partial charge is 0.456 e. The fourth-order valence-corrected chi connectivity index (χ4v) is 7.27. The normalized spacial score (nSPS) is 24.8. The van der Waals surface area contributed by atoms with E-state index in [1.165, 1.54) is 0 Å². The number of sulfone groups is 2. The van der Waals surface area contributed by atoms with E-state index in [-0.39, 0.29) is 24.8 Å². The van der Waals surface area contributed by atoms with Crippen molar-refractivity contribution in [2.45, 2.75) is 60.7 Å². The molecule has 0 aliphatic heterocycles. The van der Waals surface area contributed by atoms with Crippen molar-refractivity contribution >= 4 is 25.6 Å². The van der Waals surface area contributed by atoms with E-state index >= 15 is 0 Å². The predicted octanol–water partition coefficient (Wildman–Crippen LogP) is 3.25. The average Bonchev–Trinajstić information content (AvgIpc) is 2.46. The Morgan fingerprint density at radius 1 is 1.04 bits per heavy atom. The Bertz CT molecular complexity index is 799. The molecule has 164 valence electrons. The van der Waals surface area contributed by atoms with Gasteiger partial charge in [-0.25, -0.2) is 21.6 Å². The molecule has 14 heteroatoms. The van der Waals surface area contributed by atoms with Gasteiger partial charge in [-0.05, 0) is 33.1 Å². The number of hydrogen-bond donors (Lipinski definition) is 0. The number of esters is 1. The minimum Gasteiger partial charge on any atom is -0.456 e. The number of hydrogen-bond acceptors (Lipinski definition) is 6. The molecule has 1 fully saturated rings. The van der Waals surface area contributed by atoms with E-state index in [1.54, 1.807) is 0 Å². The standard InChI is InChI=1S/C14H18F6O6S2/c1-8(2)10(21)26-12(3)7-5-4-6-9(12)11(27(22,23)13(15,16)17)28(24,25)14(18,19)20/h9,11H,1,4-7H2,2-3H3. The minimum atomic E-state index is -6.83. The van der Waals surface area contributed by atoms with Crippen molar-refractivity contribution < 1.29 is 52.7 Å². The molecule has 0 bridgehead atoms. The van der Waals surface area contributed by atoms with Crippen LogP contribution in [0.5, 0.6) is 0 Å². The molecule has 1 aliphatic rings. The Balaban J connectivity index is 3.72. The lowest BCUT2D eigenvalue weighted by molar-refractivity contribution is -0.162. The quantitative estimate of drug-likeness (QED) is 0.355. The van der Waals surface area contributed by atoms with Crippen molar-refractivity contribution in [1.29, 1.82) is 0 Å². The summed E-state index contributed by atoms with van der Waals surface area (Å²) in [6.45, 7) is 5.30. The van der Waals surface area contributed by atoms with Crippen LogP contribution < -0.4 is 0 Å². The van der Waals surface area contributed by atoms with Gasteiger partial charge in [0, 0.05) is 11.5 Å². The fourth-order valence-electron chi connectivity index (χ4n) is 3.04. The molecule has 1 aliphatic carbocycles. The van der Waals surface area contributed by atoms with Crippen LogP contribution in [0.4, 0.5) is 26.3 Å². The van der Waals surface area contributed by atoms with Crippen LogP contribution in [0, 0.1) is 5.92 Å². The number of rotatable bonds is 5. The topological polar surface area (TPSA) is 94.6 Å². The van der Waals surface area contributed by atoms with Gasteiger partial charge in [-0.2, -0.15) is 26.3 Å². The van der Waals surface area contributed by atoms with Crippen LogP contribution in [0.3, 0.4) is 0 Å². The van der Waals surface area contributed by atoms with E-state index < -0.39 is 59.2 Å². The van der Waals surface area contributed by atoms with Crippen molar-refractivity contribution in [3.63, 3.8) is 0 Å². The summed E-state index contributed by atoms with van der Waals surface area (Å²) in [6.07, 6.45) is -0.855. The highest BCUT2D eigenvalue weighted by atomic mass is 32.3. The molecule has 1 rings (SSSR count). The summed E-state index contributed by atoms with van der Waals surface area (Å²) in [5, 5.41) is 0. The highest BCUT2D eigenvalue weighted by Gasteiger charge is 2.68. The van der Waals surface area contributed by atoms with Crippen LogP contribution in [0.1, 0.15) is 39.5 Å². The molecular formula is C14H18F6O6S2. The number of ether oxygens (including phenoxy) is 1. The van der Waals surface area contributed by atoms with Crippen molar-refractivity contribution in [2.75, 3.05) is 0 Å². The van der Waals surface area contributed by atoms with Crippen LogP contribution in [0.25, 0.3) is 0 Å². The molecule has 0 aromatic rings. The predicted molar refractivity (Wildman–Crippen MR) is 85.0 cm³/mol. The molecule has 0 aromatic carbocycles. The molecule has 1 saturated carbocycles. The van der Waals surface area contributed by atoms with Crippen LogP contribution >= 0.6 is 0 Å². The summed E-state index contributed by atoms with van der Waals surface area (Å²) in [6, 6.07) is 0. The lowest BCUT2D eigenvalue weighted by atomic mass is 9.77. The maximum Gasteiger partial charge on any atom is 0.498 e. The summed E-state index contributed by atoms with van der Waals surface area (Å²) in [4.78, 5) is 11.8. The molecule has 28 heavy (non-hydrogen) atoms. The molecular weight excluding hydrogens is 442 g/mol. The molecule has 0 aromatic heterocycles. The van der Waals surface area contributed by atoms with Crippen LogP contribution in [0.2, 0.25) is 0 Å². The molecule has 6 nitrogen and oxygen atoms in total. The second kappa shape index (κ2) is 7.50. The lowest BCUT2D eigenvalue weighted by Crippen LogP contribution is -2.57. The first kappa shape index (κ1) is 24.7. The monoisotopic (exact) mass is 460 g/mol. The largest absolute Gasteiger partial charge is 0.498 e. The Kier molecular flexibility index (Phi) is 6.62. The SMILES string of the molecule is C=C(C)C(=O)OC1(C)CCCCC1C(S(=O)(=O)C(F)(F)F)S(=O)(=O)C(F)(F)F. The van der Waals surface area contributed by atoms with Crippen molar-refractivity contribution in [3.05, 3.63) is 12.2 Å². The van der Waals surface area contributed by atoms with E-state index in [0.29, 0.717) is 0 Å². The van der Waals surface area contributed by atoms with Crippen molar-refractivity contribution in [3.8, 4) is 0 Å². The zero-order valence-corrected chi connectivity index (χ0v) is 16.4. The Morgan fingerprint density at radius 2 is 1.46 bits per heavy atom. The molecule has 0 saturated heterocycles. The van der Waals surface area contributed by atoms with Crippen LogP contribution in [-0.2, 0) is 29.2 Å². The van der Waals surface area contributed by atoms with Gasteiger partial charge in [-0.1, -0.05) is 13.0 Å². The molecule has 0 radical (unpaired) electrons. The number of carbonyl (C=O) groups is 1. The number of carbonyl (C=O) groups excluding carboxylic acids is 1. The lowest BCUT2D eigenvalue weighted by Gasteiger charge is -2.43. The summed E-state index contributed by atoms with van der Waals surface area (Å²) < 4.78 is 127. The number of halogens is 6. The third-order valence-corrected chi connectivity index (χ3v) is 9.17. The first-order chi connectivity index (χ1) is 12.3. The van der Waals surface area contributed by atoms with Gasteiger partial charge in [0.1, 0.15) is 5.60 Å². The second-order valence-corrected chi connectivity index (χ2v) is 11.1. The molecule has 2 unspecified atom stereocenters. The highest BCUT2D eigenvalue weighted by molar-refractivity contribution is 8.09. The highest BCUT2D eigenvalue weighted by Crippen LogP contribution is 2.48. The van der Waals surface area contributed by atoms with Gasteiger partial charge in [0.2, 0.25) is 0 Å². The maximum atomic E-state index is 13.1. The molecule has 2 atom stereocenters. The first-order valence-electron chi connectivity index (χ1n) is 7.78. The van der Waals surface area contributed by atoms with E-state index in [2.05, 4.69) is 6.58 Å². The Hall–Kier alpha value is -1.31. The minimum absolute atomic E-state index is 0.0534. The van der Waals surface area contributed by atoms with E-state index in [1.807, 2.05) is 0 Å². The average molecular weight is 460 g/mol. The third-order valence-electron chi connectivity index (χ3n) is 4.48. The molecule has 0 spiro atoms. The molecule has 0 heterocycles. The van der Waals surface area contributed by atoms with Gasteiger partial charge in [0.25, 0.3) is 19.7 Å². The van der Waals surface area contributed by atoms with Gasteiger partial charge in [0.05, 0.1) is 0 Å². The van der Waals surface area contributed by atoms with E-state index in [9.17, 15) is 48.0 Å². The first-order valence-corrected chi connectivity index (χ1v) is 10.9. The summed E-state index contributed by atoms with van der Waals surface area (Å²) in [7, 11) is -13.7. The maximum absolute atomic E-state index is 13.1. The summed E-state index contributed by atoms with van der Waals surface area (Å²) in [5.74, 6) is -3.48. The molecule has 0 amide bonds.